The first kappa shape index (κ1) is 21.2. The van der Waals surface area contributed by atoms with Gasteiger partial charge in [-0.05, 0) is 37.3 Å². The maximum absolute atomic E-state index is 13.4. The number of hydrogen-bond acceptors (Lipinski definition) is 5. The Morgan fingerprint density at radius 1 is 1.06 bits per heavy atom. The molecule has 3 heterocycles. The van der Waals surface area contributed by atoms with Crippen molar-refractivity contribution in [3.63, 3.8) is 0 Å². The van der Waals surface area contributed by atoms with E-state index in [-0.39, 0.29) is 24.1 Å². The van der Waals surface area contributed by atoms with Crippen LogP contribution in [0.3, 0.4) is 0 Å². The predicted molar refractivity (Wildman–Crippen MR) is 122 cm³/mol. The van der Waals surface area contributed by atoms with E-state index in [0.717, 1.165) is 48.4 Å². The normalized spacial score (nSPS) is 16.8. The van der Waals surface area contributed by atoms with E-state index in [4.69, 9.17) is 0 Å². The van der Waals surface area contributed by atoms with E-state index in [0.29, 0.717) is 22.7 Å². The molecule has 2 aliphatic heterocycles. The second-order valence-corrected chi connectivity index (χ2v) is 8.92. The molecule has 0 atom stereocenters. The Morgan fingerprint density at radius 3 is 2.45 bits per heavy atom. The van der Waals surface area contributed by atoms with E-state index < -0.39 is 0 Å². The lowest BCUT2D eigenvalue weighted by Crippen LogP contribution is -2.37. The number of rotatable bonds is 4. The number of benzene rings is 1. The van der Waals surface area contributed by atoms with E-state index in [1.165, 1.54) is 16.3 Å². The van der Waals surface area contributed by atoms with Crippen LogP contribution in [0.15, 0.2) is 35.4 Å². The van der Waals surface area contributed by atoms with E-state index in [1.807, 2.05) is 42.2 Å². The number of thiophene rings is 1. The third-order valence-corrected chi connectivity index (χ3v) is 6.99. The molecule has 0 saturated carbocycles. The van der Waals surface area contributed by atoms with Crippen LogP contribution in [0.25, 0.3) is 10.4 Å². The number of nitrogens with one attached hydrogen (secondary N) is 1. The summed E-state index contributed by atoms with van der Waals surface area (Å²) in [6.45, 7) is 3.42. The van der Waals surface area contributed by atoms with Gasteiger partial charge in [-0.2, -0.15) is 5.10 Å². The minimum absolute atomic E-state index is 0.0381. The first-order chi connectivity index (χ1) is 15.0. The Labute approximate surface area is 185 Å². The van der Waals surface area contributed by atoms with Gasteiger partial charge in [0.05, 0.1) is 5.56 Å². The number of amides is 3. The van der Waals surface area contributed by atoms with Gasteiger partial charge < -0.3 is 10.2 Å². The van der Waals surface area contributed by atoms with Gasteiger partial charge in [-0.25, -0.2) is 5.01 Å². The third kappa shape index (κ3) is 4.39. The van der Waals surface area contributed by atoms with Crippen molar-refractivity contribution in [3.8, 4) is 10.4 Å². The van der Waals surface area contributed by atoms with Gasteiger partial charge in [-0.15, -0.1) is 11.3 Å². The fraction of sp³-hybridized carbons (Fsp3) is 0.391. The van der Waals surface area contributed by atoms with Gasteiger partial charge in [-0.3, -0.25) is 14.4 Å². The second kappa shape index (κ2) is 9.01. The predicted octanol–water partition coefficient (Wildman–Crippen LogP) is 3.90. The number of anilines is 1. The highest BCUT2D eigenvalue weighted by Gasteiger charge is 2.29. The summed E-state index contributed by atoms with van der Waals surface area (Å²) < 4.78 is 0. The minimum atomic E-state index is -0.368. The average molecular weight is 439 g/mol. The van der Waals surface area contributed by atoms with Crippen molar-refractivity contribution in [2.75, 3.05) is 25.5 Å². The van der Waals surface area contributed by atoms with Crippen molar-refractivity contribution >= 4 is 39.8 Å². The van der Waals surface area contributed by atoms with Crippen LogP contribution >= 0.6 is 11.3 Å². The molecule has 2 aliphatic rings. The standard InChI is InChI=1S/C23H26N4O3S/c1-15-19(23(30)27-13-7-4-8-14-27)22(31-20(15)16-9-5-3-6-10-16)24-21(29)17-11-12-18(28)26(2)25-17/h3,5-6,9-10H,4,7-8,11-14H2,1-2H3,(H,24,29). The van der Waals surface area contributed by atoms with E-state index in [2.05, 4.69) is 10.4 Å². The molecule has 8 heteroatoms. The monoisotopic (exact) mass is 438 g/mol. The number of hydrogen-bond donors (Lipinski definition) is 1. The fourth-order valence-corrected chi connectivity index (χ4v) is 5.19. The molecule has 0 bridgehead atoms. The Balaban J connectivity index is 1.70. The van der Waals surface area contributed by atoms with Crippen LogP contribution in [0.4, 0.5) is 5.00 Å². The number of nitrogens with zero attached hydrogens (tertiary/aromatic N) is 3. The SMILES string of the molecule is Cc1c(-c2ccccc2)sc(NC(=O)C2=NN(C)C(=O)CC2)c1C(=O)N1CCCCC1. The molecular weight excluding hydrogens is 412 g/mol. The molecule has 2 aromatic rings. The quantitative estimate of drug-likeness (QED) is 0.786. The van der Waals surface area contributed by atoms with Crippen LogP contribution in [0.2, 0.25) is 0 Å². The van der Waals surface area contributed by atoms with Gasteiger partial charge in [-0.1, -0.05) is 30.3 Å². The smallest absolute Gasteiger partial charge is 0.272 e. The van der Waals surface area contributed by atoms with Crippen LogP contribution in [0.1, 0.15) is 48.0 Å². The van der Waals surface area contributed by atoms with Crippen LogP contribution in [-0.4, -0.2) is 53.5 Å². The summed E-state index contributed by atoms with van der Waals surface area (Å²) in [6.07, 6.45) is 3.68. The van der Waals surface area contributed by atoms with Crippen molar-refractivity contribution < 1.29 is 14.4 Å². The maximum atomic E-state index is 13.4. The molecule has 31 heavy (non-hydrogen) atoms. The number of hydrazone groups is 1. The van der Waals surface area contributed by atoms with Crippen molar-refractivity contribution in [1.29, 1.82) is 0 Å². The van der Waals surface area contributed by atoms with Gasteiger partial charge in [0, 0.05) is 37.9 Å². The zero-order valence-corrected chi connectivity index (χ0v) is 18.6. The Kier molecular flexibility index (Phi) is 6.18. The molecule has 4 rings (SSSR count). The fourth-order valence-electron chi connectivity index (χ4n) is 3.99. The number of piperidine rings is 1. The molecule has 0 aliphatic carbocycles. The average Bonchev–Trinajstić information content (AvgIpc) is 3.11. The molecule has 0 spiro atoms. The molecule has 3 amide bonds. The summed E-state index contributed by atoms with van der Waals surface area (Å²) in [6, 6.07) is 9.88. The molecular formula is C23H26N4O3S. The lowest BCUT2D eigenvalue weighted by molar-refractivity contribution is -0.130. The first-order valence-electron chi connectivity index (χ1n) is 10.6. The van der Waals surface area contributed by atoms with Crippen molar-refractivity contribution in [2.24, 2.45) is 5.10 Å². The van der Waals surface area contributed by atoms with Crippen LogP contribution < -0.4 is 5.32 Å². The van der Waals surface area contributed by atoms with Gasteiger partial charge in [0.2, 0.25) is 5.91 Å². The summed E-state index contributed by atoms with van der Waals surface area (Å²) in [4.78, 5) is 40.9. The molecule has 0 radical (unpaired) electrons. The Bertz CT molecular complexity index is 1040. The van der Waals surface area contributed by atoms with Gasteiger partial charge in [0.25, 0.3) is 11.8 Å². The summed E-state index contributed by atoms with van der Waals surface area (Å²) in [5.74, 6) is -0.521. The number of likely N-dealkylation sites (tertiary alicyclic amines) is 1. The summed E-state index contributed by atoms with van der Waals surface area (Å²) >= 11 is 1.41. The Hall–Kier alpha value is -3.00. The zero-order chi connectivity index (χ0) is 22.0. The first-order valence-corrected chi connectivity index (χ1v) is 11.4. The summed E-state index contributed by atoms with van der Waals surface area (Å²) in [7, 11) is 1.54. The molecule has 7 nitrogen and oxygen atoms in total. The van der Waals surface area contributed by atoms with Crippen molar-refractivity contribution in [3.05, 3.63) is 41.5 Å². The molecule has 0 unspecified atom stereocenters. The zero-order valence-electron chi connectivity index (χ0n) is 17.8. The molecule has 1 fully saturated rings. The van der Waals surface area contributed by atoms with E-state index in [9.17, 15) is 14.4 Å². The van der Waals surface area contributed by atoms with Crippen LogP contribution in [0, 0.1) is 6.92 Å². The maximum Gasteiger partial charge on any atom is 0.272 e. The topological polar surface area (TPSA) is 82.1 Å². The molecule has 1 aromatic heterocycles. The highest BCUT2D eigenvalue weighted by Crippen LogP contribution is 2.40. The summed E-state index contributed by atoms with van der Waals surface area (Å²) in [5, 5.41) is 8.78. The van der Waals surface area contributed by atoms with Crippen molar-refractivity contribution in [2.45, 2.75) is 39.0 Å². The van der Waals surface area contributed by atoms with Gasteiger partial charge in [0.15, 0.2) is 0 Å². The summed E-state index contributed by atoms with van der Waals surface area (Å²) in [5.41, 5.74) is 2.74. The number of carbonyl (C=O) groups is 3. The number of carbonyl (C=O) groups excluding carboxylic acids is 3. The Morgan fingerprint density at radius 2 is 1.77 bits per heavy atom. The second-order valence-electron chi connectivity index (χ2n) is 7.90. The van der Waals surface area contributed by atoms with Crippen LogP contribution in [-0.2, 0) is 9.59 Å². The van der Waals surface area contributed by atoms with Crippen LogP contribution in [0.5, 0.6) is 0 Å². The third-order valence-electron chi connectivity index (χ3n) is 5.74. The van der Waals surface area contributed by atoms with Gasteiger partial charge in [0.1, 0.15) is 10.7 Å². The van der Waals surface area contributed by atoms with E-state index >= 15 is 0 Å². The minimum Gasteiger partial charge on any atom is -0.339 e. The van der Waals surface area contributed by atoms with Gasteiger partial charge >= 0.3 is 0 Å². The lowest BCUT2D eigenvalue weighted by Gasteiger charge is -2.27. The highest BCUT2D eigenvalue weighted by molar-refractivity contribution is 7.20. The molecule has 1 aromatic carbocycles. The molecule has 1 saturated heterocycles. The largest absolute Gasteiger partial charge is 0.339 e. The highest BCUT2D eigenvalue weighted by atomic mass is 32.1. The molecule has 162 valence electrons. The molecule has 1 N–H and O–H groups in total. The van der Waals surface area contributed by atoms with Crippen molar-refractivity contribution in [1.82, 2.24) is 9.91 Å². The van der Waals surface area contributed by atoms with E-state index in [1.54, 1.807) is 7.05 Å². The lowest BCUT2D eigenvalue weighted by atomic mass is 10.0.